The Morgan fingerprint density at radius 2 is 1.84 bits per heavy atom. The van der Waals surface area contributed by atoms with Crippen molar-refractivity contribution in [3.8, 4) is 0 Å². The molecule has 38 heavy (non-hydrogen) atoms. The number of hydrogen-bond acceptors (Lipinski definition) is 5. The Kier molecular flexibility index (Phi) is 10.5. The van der Waals surface area contributed by atoms with E-state index in [4.69, 9.17) is 0 Å². The molecule has 0 aliphatic carbocycles. The van der Waals surface area contributed by atoms with Crippen LogP contribution < -0.4 is 0 Å². The third-order valence-electron chi connectivity index (χ3n) is 9.10. The van der Waals surface area contributed by atoms with Gasteiger partial charge in [-0.15, -0.1) is 24.9 Å². The summed E-state index contributed by atoms with van der Waals surface area (Å²) in [5.41, 5.74) is 0. The van der Waals surface area contributed by atoms with Crippen molar-refractivity contribution in [2.75, 3.05) is 26.2 Å². The average Bonchev–Trinajstić information content (AvgIpc) is 3.54. The van der Waals surface area contributed by atoms with Gasteiger partial charge in [-0.1, -0.05) is 52.7 Å². The number of carbonyl (C=O) groups excluding carboxylic acids is 3. The van der Waals surface area contributed by atoms with Crippen LogP contribution in [-0.4, -0.2) is 91.9 Å². The maximum Gasteiger partial charge on any atom is 0.247 e. The second kappa shape index (κ2) is 13.0. The molecule has 3 amide bonds. The second-order valence-corrected chi connectivity index (χ2v) is 13.0. The summed E-state index contributed by atoms with van der Waals surface area (Å²) in [5.74, 6) is -1.19. The van der Waals surface area contributed by atoms with Crippen LogP contribution in [0.4, 0.5) is 0 Å². The van der Waals surface area contributed by atoms with Crippen LogP contribution >= 0.6 is 11.8 Å². The van der Waals surface area contributed by atoms with Gasteiger partial charge in [-0.25, -0.2) is 0 Å². The van der Waals surface area contributed by atoms with Crippen LogP contribution in [0, 0.1) is 17.8 Å². The molecule has 1 spiro atoms. The Hall–Kier alpha value is -1.80. The molecular weight excluding hydrogens is 498 g/mol. The first-order valence-corrected chi connectivity index (χ1v) is 15.5. The molecule has 1 N–H and O–H groups in total. The summed E-state index contributed by atoms with van der Waals surface area (Å²) < 4.78 is -0.655. The molecule has 2 bridgehead atoms. The quantitative estimate of drug-likeness (QED) is 0.312. The normalized spacial score (nSPS) is 30.1. The fraction of sp³-hybridized carbons (Fsp3) is 0.767. The molecule has 3 unspecified atom stereocenters. The van der Waals surface area contributed by atoms with Crippen LogP contribution in [-0.2, 0) is 14.4 Å². The van der Waals surface area contributed by atoms with E-state index in [1.807, 2.05) is 30.6 Å². The lowest BCUT2D eigenvalue weighted by molar-refractivity contribution is -0.148. The maximum absolute atomic E-state index is 14.6. The Bertz CT molecular complexity index is 897. The summed E-state index contributed by atoms with van der Waals surface area (Å²) in [5, 5.41) is 10.6. The minimum absolute atomic E-state index is 0.00254. The number of likely N-dealkylation sites (tertiary alicyclic amines) is 1. The molecule has 3 heterocycles. The minimum Gasteiger partial charge on any atom is -0.394 e. The van der Waals surface area contributed by atoms with E-state index in [1.54, 1.807) is 28.8 Å². The lowest BCUT2D eigenvalue weighted by Crippen LogP contribution is -2.59. The predicted molar refractivity (Wildman–Crippen MR) is 155 cm³/mol. The van der Waals surface area contributed by atoms with Gasteiger partial charge in [-0.05, 0) is 38.5 Å². The number of rotatable bonds is 15. The zero-order chi connectivity index (χ0) is 28.2. The Labute approximate surface area is 234 Å². The van der Waals surface area contributed by atoms with Gasteiger partial charge in [0.25, 0.3) is 0 Å². The minimum atomic E-state index is -0.697. The largest absolute Gasteiger partial charge is 0.394 e. The molecule has 8 atom stereocenters. The van der Waals surface area contributed by atoms with Gasteiger partial charge in [0.15, 0.2) is 0 Å². The third kappa shape index (κ3) is 5.19. The van der Waals surface area contributed by atoms with Crippen molar-refractivity contribution in [3.05, 3.63) is 25.3 Å². The smallest absolute Gasteiger partial charge is 0.247 e. The number of amides is 3. The van der Waals surface area contributed by atoms with Crippen LogP contribution in [0.2, 0.25) is 0 Å². The summed E-state index contributed by atoms with van der Waals surface area (Å²) in [6, 6.07) is -1.16. The van der Waals surface area contributed by atoms with E-state index in [0.29, 0.717) is 19.6 Å². The van der Waals surface area contributed by atoms with Crippen molar-refractivity contribution in [3.63, 3.8) is 0 Å². The first-order chi connectivity index (χ1) is 18.2. The maximum atomic E-state index is 14.6. The molecule has 3 fully saturated rings. The summed E-state index contributed by atoms with van der Waals surface area (Å²) in [6.45, 7) is 19.3. The molecule has 3 aliphatic rings. The highest BCUT2D eigenvalue weighted by atomic mass is 32.2. The monoisotopic (exact) mass is 547 g/mol. The van der Waals surface area contributed by atoms with Gasteiger partial charge in [0.05, 0.1) is 29.2 Å². The standard InChI is InChI=1S/C30H49N3O4S/c1-8-13-21(7)32(18-11-4)29(37)26-30-15-14-23(38-30)24(27(35)31(16-9-2)17-10-3)25(30)28(36)33(26)22(19-34)20(6)12-5/h9,11,20-26,34H,2,4,8,10,12-19H2,1,3,5-7H3/t20-,21?,22-,23+,24-,25-,26?,30?/m0/s1. The molecule has 7 nitrogen and oxygen atoms in total. The van der Waals surface area contributed by atoms with Crippen LogP contribution in [0.3, 0.4) is 0 Å². The van der Waals surface area contributed by atoms with Crippen LogP contribution in [0.15, 0.2) is 25.3 Å². The number of aliphatic hydroxyl groups excluding tert-OH is 1. The fourth-order valence-electron chi connectivity index (χ4n) is 7.11. The number of aliphatic hydroxyl groups is 1. The fourth-order valence-corrected chi connectivity index (χ4v) is 9.30. The highest BCUT2D eigenvalue weighted by Gasteiger charge is 2.74. The first-order valence-electron chi connectivity index (χ1n) is 14.6. The summed E-state index contributed by atoms with van der Waals surface area (Å²) in [7, 11) is 0. The van der Waals surface area contributed by atoms with Crippen molar-refractivity contribution in [1.82, 2.24) is 14.7 Å². The Balaban J connectivity index is 2.12. The number of thioether (sulfide) groups is 1. The summed E-state index contributed by atoms with van der Waals surface area (Å²) >= 11 is 1.70. The van der Waals surface area contributed by atoms with E-state index in [2.05, 4.69) is 27.0 Å². The zero-order valence-electron chi connectivity index (χ0n) is 24.1. The Morgan fingerprint density at radius 3 is 2.39 bits per heavy atom. The van der Waals surface area contributed by atoms with Crippen molar-refractivity contribution >= 4 is 29.5 Å². The topological polar surface area (TPSA) is 81.2 Å². The van der Waals surface area contributed by atoms with Crippen molar-refractivity contribution < 1.29 is 19.5 Å². The van der Waals surface area contributed by atoms with E-state index >= 15 is 0 Å². The number of nitrogens with zero attached hydrogens (tertiary/aromatic N) is 3. The van der Waals surface area contributed by atoms with E-state index < -0.39 is 28.7 Å². The molecule has 0 aromatic rings. The van der Waals surface area contributed by atoms with Gasteiger partial charge in [-0.2, -0.15) is 0 Å². The molecule has 0 saturated carbocycles. The predicted octanol–water partition coefficient (Wildman–Crippen LogP) is 4.11. The van der Waals surface area contributed by atoms with E-state index in [-0.39, 0.29) is 41.5 Å². The number of hydrogen-bond donors (Lipinski definition) is 1. The molecule has 0 radical (unpaired) electrons. The van der Waals surface area contributed by atoms with Crippen LogP contribution in [0.1, 0.15) is 73.1 Å². The van der Waals surface area contributed by atoms with E-state index in [0.717, 1.165) is 38.5 Å². The van der Waals surface area contributed by atoms with Crippen molar-refractivity contribution in [2.45, 2.75) is 101 Å². The molecule has 214 valence electrons. The SMILES string of the molecule is C=CCN(CCC)C(=O)[C@@H]1[C@H]2C(=O)N([C@@H](CO)[C@@H](C)CC)C(C(=O)N(CC=C)C(C)CCC)C23CC[C@H]1S3. The lowest BCUT2D eigenvalue weighted by Gasteiger charge is -2.42. The van der Waals surface area contributed by atoms with E-state index in [1.165, 1.54) is 0 Å². The lowest BCUT2D eigenvalue weighted by atomic mass is 9.70. The Morgan fingerprint density at radius 1 is 1.16 bits per heavy atom. The number of carbonyl (C=O) groups is 3. The second-order valence-electron chi connectivity index (χ2n) is 11.4. The van der Waals surface area contributed by atoms with E-state index in [9.17, 15) is 19.5 Å². The van der Waals surface area contributed by atoms with Gasteiger partial charge in [0, 0.05) is 30.9 Å². The van der Waals surface area contributed by atoms with Gasteiger partial charge in [-0.3, -0.25) is 14.4 Å². The molecular formula is C30H49N3O4S. The van der Waals surface area contributed by atoms with Gasteiger partial charge < -0.3 is 19.8 Å². The zero-order valence-corrected chi connectivity index (χ0v) is 24.9. The molecule has 0 aromatic heterocycles. The van der Waals surface area contributed by atoms with Crippen molar-refractivity contribution in [2.24, 2.45) is 17.8 Å². The molecule has 3 saturated heterocycles. The number of fused-ring (bicyclic) bond motifs is 1. The summed E-state index contributed by atoms with van der Waals surface area (Å²) in [4.78, 5) is 48.4. The highest BCUT2D eigenvalue weighted by Crippen LogP contribution is 2.67. The molecule has 3 rings (SSSR count). The van der Waals surface area contributed by atoms with Gasteiger partial charge >= 0.3 is 0 Å². The van der Waals surface area contributed by atoms with Crippen LogP contribution in [0.5, 0.6) is 0 Å². The van der Waals surface area contributed by atoms with Crippen molar-refractivity contribution in [1.29, 1.82) is 0 Å². The third-order valence-corrected chi connectivity index (χ3v) is 11.1. The highest BCUT2D eigenvalue weighted by molar-refractivity contribution is 8.02. The van der Waals surface area contributed by atoms with Crippen LogP contribution in [0.25, 0.3) is 0 Å². The molecule has 8 heteroatoms. The molecule has 3 aliphatic heterocycles. The summed E-state index contributed by atoms with van der Waals surface area (Å²) in [6.07, 6.45) is 8.44. The average molecular weight is 548 g/mol. The first kappa shape index (κ1) is 30.7. The van der Waals surface area contributed by atoms with Gasteiger partial charge in [0.2, 0.25) is 17.7 Å². The van der Waals surface area contributed by atoms with Gasteiger partial charge in [0.1, 0.15) is 6.04 Å². The molecule has 0 aromatic carbocycles.